The summed E-state index contributed by atoms with van der Waals surface area (Å²) >= 11 is 0. The Morgan fingerprint density at radius 3 is 1.12 bits per heavy atom. The SMILES string of the molecule is CC(C)(C)C1CCC(NC(=O)CCCCCCCCC(=O)NC2CCC(C(C)(C)C)CC2)CC1. The van der Waals surface area contributed by atoms with Gasteiger partial charge in [-0.25, -0.2) is 0 Å². The fourth-order valence-corrected chi connectivity index (χ4v) is 6.09. The molecule has 2 aliphatic rings. The van der Waals surface area contributed by atoms with E-state index in [0.717, 1.165) is 63.2 Å². The average molecular weight is 477 g/mol. The van der Waals surface area contributed by atoms with Gasteiger partial charge in [-0.05, 0) is 86.9 Å². The van der Waals surface area contributed by atoms with Gasteiger partial charge in [0.1, 0.15) is 0 Å². The summed E-state index contributed by atoms with van der Waals surface area (Å²) in [6.45, 7) is 14.0. The molecule has 0 saturated heterocycles. The van der Waals surface area contributed by atoms with Gasteiger partial charge in [0, 0.05) is 24.9 Å². The van der Waals surface area contributed by atoms with Gasteiger partial charge in [0.15, 0.2) is 0 Å². The molecular formula is C30H56N2O2. The number of carbonyl (C=O) groups excluding carboxylic acids is 2. The molecule has 0 atom stereocenters. The van der Waals surface area contributed by atoms with Crippen LogP contribution in [0.2, 0.25) is 0 Å². The van der Waals surface area contributed by atoms with Crippen molar-refractivity contribution in [3.05, 3.63) is 0 Å². The van der Waals surface area contributed by atoms with Crippen LogP contribution in [0, 0.1) is 22.7 Å². The first-order chi connectivity index (χ1) is 15.9. The third-order valence-electron chi connectivity index (χ3n) is 8.69. The first kappa shape index (κ1) is 29.2. The Morgan fingerprint density at radius 2 is 0.824 bits per heavy atom. The maximum Gasteiger partial charge on any atom is 0.220 e. The normalized spacial score (nSPS) is 26.2. The summed E-state index contributed by atoms with van der Waals surface area (Å²) in [7, 11) is 0. The van der Waals surface area contributed by atoms with Crippen LogP contribution in [0.4, 0.5) is 0 Å². The Labute approximate surface area is 211 Å². The number of rotatable bonds is 11. The molecule has 0 heterocycles. The van der Waals surface area contributed by atoms with Crippen molar-refractivity contribution in [3.63, 3.8) is 0 Å². The third kappa shape index (κ3) is 11.1. The number of hydrogen-bond acceptors (Lipinski definition) is 2. The highest BCUT2D eigenvalue weighted by Gasteiger charge is 2.31. The molecule has 2 amide bonds. The van der Waals surface area contributed by atoms with Crippen molar-refractivity contribution in [1.82, 2.24) is 10.6 Å². The molecule has 0 aromatic rings. The van der Waals surface area contributed by atoms with Crippen molar-refractivity contribution < 1.29 is 9.59 Å². The summed E-state index contributed by atoms with van der Waals surface area (Å²) in [5.74, 6) is 2.07. The molecular weight excluding hydrogens is 420 g/mol. The van der Waals surface area contributed by atoms with Crippen molar-refractivity contribution in [2.45, 2.75) is 156 Å². The van der Waals surface area contributed by atoms with Gasteiger partial charge in [-0.3, -0.25) is 9.59 Å². The molecule has 198 valence electrons. The second kappa shape index (κ2) is 13.9. The second-order valence-electron chi connectivity index (χ2n) is 13.6. The predicted molar refractivity (Wildman–Crippen MR) is 144 cm³/mol. The van der Waals surface area contributed by atoms with Crippen LogP contribution in [0.3, 0.4) is 0 Å². The number of hydrogen-bond donors (Lipinski definition) is 2. The lowest BCUT2D eigenvalue weighted by Crippen LogP contribution is -2.39. The van der Waals surface area contributed by atoms with E-state index in [-0.39, 0.29) is 11.8 Å². The zero-order valence-electron chi connectivity index (χ0n) is 23.4. The van der Waals surface area contributed by atoms with Crippen LogP contribution in [0.15, 0.2) is 0 Å². The summed E-state index contributed by atoms with van der Waals surface area (Å²) in [6.07, 6.45) is 17.4. The molecule has 0 spiro atoms. The van der Waals surface area contributed by atoms with Crippen LogP contribution in [0.1, 0.15) is 144 Å². The van der Waals surface area contributed by atoms with Crippen molar-refractivity contribution in [2.24, 2.45) is 22.7 Å². The standard InChI is InChI=1S/C30H56N2O2/c1-29(2,3)23-15-19-25(20-16-23)31-27(33)13-11-9-7-8-10-12-14-28(34)32-26-21-17-24(18-22-26)30(4,5)6/h23-26H,7-22H2,1-6H3,(H,31,33)(H,32,34). The molecule has 0 radical (unpaired) electrons. The molecule has 2 fully saturated rings. The van der Waals surface area contributed by atoms with E-state index in [1.54, 1.807) is 0 Å². The monoisotopic (exact) mass is 476 g/mol. The lowest BCUT2D eigenvalue weighted by molar-refractivity contribution is -0.123. The van der Waals surface area contributed by atoms with E-state index in [1.807, 2.05) is 0 Å². The van der Waals surface area contributed by atoms with Gasteiger partial charge in [-0.2, -0.15) is 0 Å². The van der Waals surface area contributed by atoms with Crippen molar-refractivity contribution >= 4 is 11.8 Å². The average Bonchev–Trinajstić information content (AvgIpc) is 2.75. The topological polar surface area (TPSA) is 58.2 Å². The number of amides is 2. The Kier molecular flexibility index (Phi) is 11.9. The molecule has 34 heavy (non-hydrogen) atoms. The Balaban J connectivity index is 1.41. The molecule has 0 aliphatic heterocycles. The molecule has 0 aromatic carbocycles. The summed E-state index contributed by atoms with van der Waals surface area (Å²) in [5, 5.41) is 6.55. The molecule has 2 rings (SSSR count). The summed E-state index contributed by atoms with van der Waals surface area (Å²) in [6, 6.07) is 0.788. The second-order valence-corrected chi connectivity index (χ2v) is 13.6. The largest absolute Gasteiger partial charge is 0.353 e. The van der Waals surface area contributed by atoms with Crippen molar-refractivity contribution in [3.8, 4) is 0 Å². The van der Waals surface area contributed by atoms with E-state index in [0.29, 0.717) is 35.8 Å². The van der Waals surface area contributed by atoms with Gasteiger partial charge < -0.3 is 10.6 Å². The lowest BCUT2D eigenvalue weighted by atomic mass is 9.71. The third-order valence-corrected chi connectivity index (χ3v) is 8.69. The first-order valence-corrected chi connectivity index (χ1v) is 14.5. The Bertz CT molecular complexity index is 546. The molecule has 2 aliphatic carbocycles. The fraction of sp³-hybridized carbons (Fsp3) is 0.933. The molecule has 2 N–H and O–H groups in total. The molecule has 4 nitrogen and oxygen atoms in total. The zero-order valence-corrected chi connectivity index (χ0v) is 23.4. The molecule has 0 aromatic heterocycles. The minimum absolute atomic E-state index is 0.243. The van der Waals surface area contributed by atoms with E-state index >= 15 is 0 Å². The fourth-order valence-electron chi connectivity index (χ4n) is 6.09. The number of unbranched alkanes of at least 4 members (excludes halogenated alkanes) is 5. The molecule has 0 bridgehead atoms. The summed E-state index contributed by atoms with van der Waals surface area (Å²) < 4.78 is 0. The van der Waals surface area contributed by atoms with Gasteiger partial charge in [-0.1, -0.05) is 67.2 Å². The summed E-state index contributed by atoms with van der Waals surface area (Å²) in [4.78, 5) is 24.5. The van der Waals surface area contributed by atoms with E-state index in [4.69, 9.17) is 0 Å². The highest BCUT2D eigenvalue weighted by Crippen LogP contribution is 2.38. The minimum atomic E-state index is 0.243. The van der Waals surface area contributed by atoms with Crippen LogP contribution in [0.5, 0.6) is 0 Å². The highest BCUT2D eigenvalue weighted by atomic mass is 16.2. The Morgan fingerprint density at radius 1 is 0.529 bits per heavy atom. The van der Waals surface area contributed by atoms with Crippen LogP contribution in [-0.4, -0.2) is 23.9 Å². The van der Waals surface area contributed by atoms with Gasteiger partial charge in [-0.15, -0.1) is 0 Å². The summed E-state index contributed by atoms with van der Waals surface area (Å²) in [5.41, 5.74) is 0.786. The van der Waals surface area contributed by atoms with Crippen LogP contribution >= 0.6 is 0 Å². The Hall–Kier alpha value is -1.06. The van der Waals surface area contributed by atoms with E-state index in [2.05, 4.69) is 52.2 Å². The van der Waals surface area contributed by atoms with Gasteiger partial charge in [0.05, 0.1) is 0 Å². The predicted octanol–water partition coefficient (Wildman–Crippen LogP) is 7.55. The van der Waals surface area contributed by atoms with E-state index < -0.39 is 0 Å². The highest BCUT2D eigenvalue weighted by molar-refractivity contribution is 5.76. The molecule has 4 heteroatoms. The van der Waals surface area contributed by atoms with Crippen LogP contribution in [-0.2, 0) is 9.59 Å². The lowest BCUT2D eigenvalue weighted by Gasteiger charge is -2.37. The number of carbonyl (C=O) groups is 2. The molecule has 0 unspecified atom stereocenters. The van der Waals surface area contributed by atoms with Gasteiger partial charge in [0.25, 0.3) is 0 Å². The van der Waals surface area contributed by atoms with Crippen LogP contribution < -0.4 is 10.6 Å². The van der Waals surface area contributed by atoms with E-state index in [9.17, 15) is 9.59 Å². The zero-order chi connectivity index (χ0) is 25.2. The smallest absolute Gasteiger partial charge is 0.220 e. The molecule has 2 saturated carbocycles. The van der Waals surface area contributed by atoms with E-state index in [1.165, 1.54) is 38.5 Å². The number of nitrogens with one attached hydrogen (secondary N) is 2. The van der Waals surface area contributed by atoms with Gasteiger partial charge >= 0.3 is 0 Å². The van der Waals surface area contributed by atoms with Gasteiger partial charge in [0.2, 0.25) is 11.8 Å². The minimum Gasteiger partial charge on any atom is -0.353 e. The quantitative estimate of drug-likeness (QED) is 0.302. The maximum absolute atomic E-state index is 12.3. The maximum atomic E-state index is 12.3. The first-order valence-electron chi connectivity index (χ1n) is 14.5. The van der Waals surface area contributed by atoms with Crippen molar-refractivity contribution in [2.75, 3.05) is 0 Å². The van der Waals surface area contributed by atoms with Crippen LogP contribution in [0.25, 0.3) is 0 Å². The van der Waals surface area contributed by atoms with Crippen molar-refractivity contribution in [1.29, 1.82) is 0 Å².